The molecule has 128 valence electrons. The largest absolute Gasteiger partial charge is 0.315 e. The fourth-order valence-electron chi connectivity index (χ4n) is 3.26. The van der Waals surface area contributed by atoms with Gasteiger partial charge in [-0.2, -0.15) is 0 Å². The lowest BCUT2D eigenvalue weighted by molar-refractivity contribution is -0.117. The smallest absolute Gasteiger partial charge is 0.239 e. The zero-order valence-corrected chi connectivity index (χ0v) is 15.9. The Kier molecular flexibility index (Phi) is 4.48. The predicted molar refractivity (Wildman–Crippen MR) is 105 cm³/mol. The van der Waals surface area contributed by atoms with Crippen molar-refractivity contribution in [1.82, 2.24) is 9.97 Å². The van der Waals surface area contributed by atoms with Crippen molar-refractivity contribution in [2.45, 2.75) is 36.5 Å². The third-order valence-corrected chi connectivity index (χ3v) is 6.86. The number of thioether (sulfide) groups is 1. The number of rotatable bonds is 4. The molecule has 1 amide bonds. The first-order valence-electron chi connectivity index (χ1n) is 8.39. The molecule has 0 N–H and O–H groups in total. The minimum Gasteiger partial charge on any atom is -0.315 e. The summed E-state index contributed by atoms with van der Waals surface area (Å²) >= 11 is 3.32. The second-order valence-corrected chi connectivity index (χ2v) is 8.62. The van der Waals surface area contributed by atoms with Crippen LogP contribution in [0.15, 0.2) is 41.7 Å². The molecule has 3 aromatic rings. The van der Waals surface area contributed by atoms with E-state index in [1.54, 1.807) is 22.6 Å². The van der Waals surface area contributed by atoms with Crippen molar-refractivity contribution in [2.75, 3.05) is 11.9 Å². The SMILES string of the molecule is C[C@H](Sc1ncnc2sc3c(c12)CCC3)C(=O)N(C)c1ccccc1. The van der Waals surface area contributed by atoms with E-state index in [9.17, 15) is 4.79 Å². The molecule has 4 nitrogen and oxygen atoms in total. The van der Waals surface area contributed by atoms with Gasteiger partial charge < -0.3 is 4.90 Å². The van der Waals surface area contributed by atoms with Crippen LogP contribution in [0, 0.1) is 0 Å². The lowest BCUT2D eigenvalue weighted by atomic mass is 10.2. The third kappa shape index (κ3) is 3.04. The van der Waals surface area contributed by atoms with Crippen molar-refractivity contribution in [2.24, 2.45) is 0 Å². The summed E-state index contributed by atoms with van der Waals surface area (Å²) in [5, 5.41) is 1.90. The van der Waals surface area contributed by atoms with E-state index in [2.05, 4.69) is 9.97 Å². The molecule has 0 saturated carbocycles. The number of thiophene rings is 1. The minimum atomic E-state index is -0.208. The Labute approximate surface area is 155 Å². The fraction of sp³-hybridized carbons (Fsp3) is 0.316. The van der Waals surface area contributed by atoms with E-state index in [1.165, 1.54) is 34.0 Å². The number of benzene rings is 1. The molecule has 1 aliphatic carbocycles. The fourth-order valence-corrected chi connectivity index (χ4v) is 5.59. The second kappa shape index (κ2) is 6.77. The molecule has 1 atom stereocenters. The number of hydrogen-bond donors (Lipinski definition) is 0. The number of anilines is 1. The van der Waals surface area contributed by atoms with Gasteiger partial charge in [-0.05, 0) is 43.9 Å². The third-order valence-electron chi connectivity index (χ3n) is 4.58. The molecule has 1 aliphatic rings. The van der Waals surface area contributed by atoms with E-state index in [0.29, 0.717) is 0 Å². The molecule has 0 aliphatic heterocycles. The van der Waals surface area contributed by atoms with E-state index < -0.39 is 0 Å². The van der Waals surface area contributed by atoms with Gasteiger partial charge in [-0.1, -0.05) is 30.0 Å². The Morgan fingerprint density at radius 3 is 2.84 bits per heavy atom. The number of para-hydroxylation sites is 1. The lowest BCUT2D eigenvalue weighted by Crippen LogP contribution is -2.33. The first-order chi connectivity index (χ1) is 12.1. The summed E-state index contributed by atoms with van der Waals surface area (Å²) in [5.41, 5.74) is 2.31. The minimum absolute atomic E-state index is 0.0786. The van der Waals surface area contributed by atoms with Crippen LogP contribution in [0.3, 0.4) is 0 Å². The van der Waals surface area contributed by atoms with Crippen molar-refractivity contribution >= 4 is 44.9 Å². The normalized spacial score (nSPS) is 14.5. The van der Waals surface area contributed by atoms with Gasteiger partial charge in [0.25, 0.3) is 0 Å². The zero-order chi connectivity index (χ0) is 17.4. The number of aryl methyl sites for hydroxylation is 2. The second-order valence-electron chi connectivity index (χ2n) is 6.21. The van der Waals surface area contributed by atoms with Gasteiger partial charge in [-0.3, -0.25) is 4.79 Å². The van der Waals surface area contributed by atoms with Crippen molar-refractivity contribution in [3.63, 3.8) is 0 Å². The summed E-state index contributed by atoms with van der Waals surface area (Å²) in [5.74, 6) is 0.0786. The molecule has 0 fully saturated rings. The highest BCUT2D eigenvalue weighted by Crippen LogP contribution is 2.41. The zero-order valence-electron chi connectivity index (χ0n) is 14.2. The number of carbonyl (C=O) groups is 1. The van der Waals surface area contributed by atoms with Crippen LogP contribution >= 0.6 is 23.1 Å². The van der Waals surface area contributed by atoms with Gasteiger partial charge in [-0.25, -0.2) is 9.97 Å². The Balaban J connectivity index is 1.60. The van der Waals surface area contributed by atoms with E-state index in [4.69, 9.17) is 0 Å². The molecule has 0 saturated heterocycles. The summed E-state index contributed by atoms with van der Waals surface area (Å²) in [4.78, 5) is 26.0. The average molecular weight is 370 g/mol. The molecule has 0 radical (unpaired) electrons. The molecule has 0 bridgehead atoms. The van der Waals surface area contributed by atoms with Crippen molar-refractivity contribution in [3.05, 3.63) is 47.1 Å². The molecular weight excluding hydrogens is 350 g/mol. The first-order valence-corrected chi connectivity index (χ1v) is 10.1. The van der Waals surface area contributed by atoms with Gasteiger partial charge in [0.2, 0.25) is 5.91 Å². The van der Waals surface area contributed by atoms with Gasteiger partial charge in [0.15, 0.2) is 0 Å². The summed E-state index contributed by atoms with van der Waals surface area (Å²) < 4.78 is 0. The van der Waals surface area contributed by atoms with Crippen LogP contribution in [0.2, 0.25) is 0 Å². The van der Waals surface area contributed by atoms with E-state index >= 15 is 0 Å². The monoisotopic (exact) mass is 369 g/mol. The maximum absolute atomic E-state index is 12.8. The molecular formula is C19H19N3OS2. The van der Waals surface area contributed by atoms with Crippen LogP contribution in [0.4, 0.5) is 5.69 Å². The van der Waals surface area contributed by atoms with E-state index in [0.717, 1.165) is 28.4 Å². The number of amides is 1. The Bertz CT molecular complexity index is 923. The van der Waals surface area contributed by atoms with Gasteiger partial charge in [0, 0.05) is 23.0 Å². The van der Waals surface area contributed by atoms with Crippen LogP contribution in [-0.4, -0.2) is 28.2 Å². The summed E-state index contributed by atoms with van der Waals surface area (Å²) in [6, 6.07) is 9.74. The summed E-state index contributed by atoms with van der Waals surface area (Å²) in [6.45, 7) is 1.95. The molecule has 4 rings (SSSR count). The number of nitrogens with zero attached hydrogens (tertiary/aromatic N) is 3. The maximum atomic E-state index is 12.8. The maximum Gasteiger partial charge on any atom is 0.239 e. The van der Waals surface area contributed by atoms with Gasteiger partial charge >= 0.3 is 0 Å². The van der Waals surface area contributed by atoms with E-state index in [1.807, 2.05) is 44.3 Å². The Morgan fingerprint density at radius 1 is 1.24 bits per heavy atom. The van der Waals surface area contributed by atoms with Gasteiger partial charge in [-0.15, -0.1) is 11.3 Å². The number of aromatic nitrogens is 2. The molecule has 25 heavy (non-hydrogen) atoms. The molecule has 6 heteroatoms. The van der Waals surface area contributed by atoms with E-state index in [-0.39, 0.29) is 11.2 Å². The van der Waals surface area contributed by atoms with Crippen molar-refractivity contribution in [1.29, 1.82) is 0 Å². The summed E-state index contributed by atoms with van der Waals surface area (Å²) in [7, 11) is 1.83. The van der Waals surface area contributed by atoms with Crippen molar-refractivity contribution in [3.8, 4) is 0 Å². The number of fused-ring (bicyclic) bond motifs is 3. The standard InChI is InChI=1S/C19H19N3OS2/c1-12(19(23)22(2)13-7-4-3-5-8-13)24-17-16-14-9-6-10-15(14)25-18(16)21-11-20-17/h3-5,7-8,11-12H,6,9-10H2,1-2H3/t12-/m0/s1. The first kappa shape index (κ1) is 16.5. The van der Waals surface area contributed by atoms with Gasteiger partial charge in [0.1, 0.15) is 16.2 Å². The average Bonchev–Trinajstić information content (AvgIpc) is 3.22. The molecule has 2 aromatic heterocycles. The van der Waals surface area contributed by atoms with Crippen LogP contribution in [0.1, 0.15) is 23.8 Å². The van der Waals surface area contributed by atoms with Crippen LogP contribution in [-0.2, 0) is 17.6 Å². The van der Waals surface area contributed by atoms with Gasteiger partial charge in [0.05, 0.1) is 5.25 Å². The summed E-state index contributed by atoms with van der Waals surface area (Å²) in [6.07, 6.45) is 5.07. The van der Waals surface area contributed by atoms with Crippen LogP contribution in [0.5, 0.6) is 0 Å². The highest BCUT2D eigenvalue weighted by molar-refractivity contribution is 8.00. The molecule has 0 spiro atoms. The highest BCUT2D eigenvalue weighted by atomic mass is 32.2. The Morgan fingerprint density at radius 2 is 2.04 bits per heavy atom. The van der Waals surface area contributed by atoms with Crippen LogP contribution < -0.4 is 4.90 Å². The number of carbonyl (C=O) groups excluding carboxylic acids is 1. The highest BCUT2D eigenvalue weighted by Gasteiger charge is 2.25. The molecule has 0 unspecified atom stereocenters. The van der Waals surface area contributed by atoms with Crippen LogP contribution in [0.25, 0.3) is 10.2 Å². The lowest BCUT2D eigenvalue weighted by Gasteiger charge is -2.21. The molecule has 1 aromatic carbocycles. The van der Waals surface area contributed by atoms with Crippen molar-refractivity contribution < 1.29 is 4.79 Å². The quantitative estimate of drug-likeness (QED) is 0.507. The number of hydrogen-bond acceptors (Lipinski definition) is 5. The topological polar surface area (TPSA) is 46.1 Å². The predicted octanol–water partition coefficient (Wildman–Crippen LogP) is 4.32. The Hall–Kier alpha value is -1.92. The molecule has 2 heterocycles.